The van der Waals surface area contributed by atoms with E-state index < -0.39 is 5.97 Å². The molecule has 1 amide bonds. The van der Waals surface area contributed by atoms with E-state index in [1.807, 2.05) is 11.6 Å². The predicted molar refractivity (Wildman–Crippen MR) is 114 cm³/mol. The standard InChI is InChI=1S/C20H19N3O3S2/c1-11-9-12(2)16-15(10-11)28-20(23(16)3)22-19(27)21-17(24)13-5-7-14(8-6-13)18(25)26-4/h5-10H,1-4H3,(H,21,24,27). The van der Waals surface area contributed by atoms with E-state index >= 15 is 0 Å². The number of benzene rings is 2. The van der Waals surface area contributed by atoms with Crippen LogP contribution >= 0.6 is 23.6 Å². The molecule has 0 radical (unpaired) electrons. The molecule has 0 spiro atoms. The first-order chi connectivity index (χ1) is 13.3. The predicted octanol–water partition coefficient (Wildman–Crippen LogP) is 3.26. The van der Waals surface area contributed by atoms with Gasteiger partial charge in [-0.05, 0) is 67.5 Å². The molecular formula is C20H19N3O3S2. The Morgan fingerprint density at radius 2 is 1.79 bits per heavy atom. The lowest BCUT2D eigenvalue weighted by Gasteiger charge is -2.04. The molecule has 1 heterocycles. The summed E-state index contributed by atoms with van der Waals surface area (Å²) in [6.07, 6.45) is 0. The van der Waals surface area contributed by atoms with Gasteiger partial charge >= 0.3 is 5.97 Å². The van der Waals surface area contributed by atoms with E-state index in [0.29, 0.717) is 15.9 Å². The second kappa shape index (κ2) is 8.04. The third-order valence-electron chi connectivity index (χ3n) is 4.22. The second-order valence-corrected chi connectivity index (χ2v) is 7.71. The highest BCUT2D eigenvalue weighted by Gasteiger charge is 2.11. The summed E-state index contributed by atoms with van der Waals surface area (Å²) >= 11 is 6.76. The summed E-state index contributed by atoms with van der Waals surface area (Å²) in [5.74, 6) is -0.846. The zero-order valence-electron chi connectivity index (χ0n) is 15.9. The van der Waals surface area contributed by atoms with E-state index in [9.17, 15) is 9.59 Å². The fraction of sp³-hybridized carbons (Fsp3) is 0.200. The van der Waals surface area contributed by atoms with Crippen LogP contribution in [0, 0.1) is 13.8 Å². The number of ether oxygens (including phenoxy) is 1. The quantitative estimate of drug-likeness (QED) is 0.517. The lowest BCUT2D eigenvalue weighted by molar-refractivity contribution is 0.0600. The fourth-order valence-corrected chi connectivity index (χ4v) is 4.39. The first kappa shape index (κ1) is 19.9. The second-order valence-electron chi connectivity index (χ2n) is 6.31. The number of thiazole rings is 1. The van der Waals surface area contributed by atoms with Crippen molar-refractivity contribution in [2.75, 3.05) is 7.11 Å². The van der Waals surface area contributed by atoms with Crippen molar-refractivity contribution in [2.24, 2.45) is 12.0 Å². The Bertz CT molecular complexity index is 1160. The minimum Gasteiger partial charge on any atom is -0.465 e. The van der Waals surface area contributed by atoms with Gasteiger partial charge in [-0.1, -0.05) is 17.4 Å². The van der Waals surface area contributed by atoms with Gasteiger partial charge in [0.1, 0.15) is 0 Å². The molecule has 0 aliphatic rings. The van der Waals surface area contributed by atoms with Crippen molar-refractivity contribution < 1.29 is 14.3 Å². The summed E-state index contributed by atoms with van der Waals surface area (Å²) in [6, 6.07) is 10.4. The summed E-state index contributed by atoms with van der Waals surface area (Å²) in [5.41, 5.74) is 4.19. The van der Waals surface area contributed by atoms with E-state index in [4.69, 9.17) is 12.2 Å². The molecule has 144 valence electrons. The van der Waals surface area contributed by atoms with Crippen LogP contribution in [0.25, 0.3) is 10.2 Å². The number of fused-ring (bicyclic) bond motifs is 1. The highest BCUT2D eigenvalue weighted by atomic mass is 32.1. The third kappa shape index (κ3) is 4.02. The minimum absolute atomic E-state index is 0.0820. The maximum Gasteiger partial charge on any atom is 0.337 e. The van der Waals surface area contributed by atoms with Crippen LogP contribution in [0.4, 0.5) is 0 Å². The monoisotopic (exact) mass is 413 g/mol. The Morgan fingerprint density at radius 3 is 2.43 bits per heavy atom. The van der Waals surface area contributed by atoms with Gasteiger partial charge in [-0.15, -0.1) is 0 Å². The van der Waals surface area contributed by atoms with E-state index in [0.717, 1.165) is 15.8 Å². The van der Waals surface area contributed by atoms with Gasteiger partial charge in [0.15, 0.2) is 4.80 Å². The zero-order chi connectivity index (χ0) is 20.4. The molecule has 1 aromatic heterocycles. The van der Waals surface area contributed by atoms with Gasteiger partial charge in [-0.25, -0.2) is 4.79 Å². The zero-order valence-corrected chi connectivity index (χ0v) is 17.5. The average molecular weight is 414 g/mol. The number of hydrogen-bond donors (Lipinski definition) is 1. The van der Waals surface area contributed by atoms with Crippen LogP contribution < -0.4 is 10.1 Å². The fourth-order valence-electron chi connectivity index (χ4n) is 2.95. The number of rotatable bonds is 2. The molecule has 8 heteroatoms. The van der Waals surface area contributed by atoms with Crippen molar-refractivity contribution in [1.29, 1.82) is 0 Å². The lowest BCUT2D eigenvalue weighted by atomic mass is 10.1. The summed E-state index contributed by atoms with van der Waals surface area (Å²) in [7, 11) is 3.23. The molecule has 3 rings (SSSR count). The molecule has 3 aromatic rings. The molecule has 0 aliphatic carbocycles. The van der Waals surface area contributed by atoms with Gasteiger partial charge in [0.2, 0.25) is 5.11 Å². The smallest absolute Gasteiger partial charge is 0.337 e. The van der Waals surface area contributed by atoms with Crippen molar-refractivity contribution in [3.05, 3.63) is 63.5 Å². The number of thiocarbonyl (C=S) groups is 1. The molecule has 2 aromatic carbocycles. The molecular weight excluding hydrogens is 394 g/mol. The SMILES string of the molecule is COC(=O)c1ccc(C(=O)NC(=S)N=c2sc3cc(C)cc(C)c3n2C)cc1. The number of carbonyl (C=O) groups is 2. The van der Waals surface area contributed by atoms with Crippen LogP contribution in [0.2, 0.25) is 0 Å². The summed E-state index contributed by atoms with van der Waals surface area (Å²) < 4.78 is 7.73. The van der Waals surface area contributed by atoms with Crippen molar-refractivity contribution in [3.63, 3.8) is 0 Å². The molecule has 0 bridgehead atoms. The molecule has 0 saturated carbocycles. The van der Waals surface area contributed by atoms with E-state index in [1.54, 1.807) is 0 Å². The topological polar surface area (TPSA) is 72.7 Å². The normalized spacial score (nSPS) is 11.5. The molecule has 0 aliphatic heterocycles. The van der Waals surface area contributed by atoms with E-state index in [2.05, 4.69) is 41.0 Å². The van der Waals surface area contributed by atoms with E-state index in [-0.39, 0.29) is 11.0 Å². The number of methoxy groups -OCH3 is 1. The first-order valence-corrected chi connectivity index (χ1v) is 9.68. The number of hydrogen-bond acceptors (Lipinski definition) is 5. The van der Waals surface area contributed by atoms with Crippen LogP contribution in [0.5, 0.6) is 0 Å². The molecule has 28 heavy (non-hydrogen) atoms. The maximum atomic E-state index is 12.4. The Hall–Kier alpha value is -2.84. The summed E-state index contributed by atoms with van der Waals surface area (Å²) in [4.78, 5) is 28.9. The van der Waals surface area contributed by atoms with Crippen molar-refractivity contribution in [3.8, 4) is 0 Å². The Kier molecular flexibility index (Phi) is 5.71. The van der Waals surface area contributed by atoms with Gasteiger partial charge in [0.05, 0.1) is 22.9 Å². The van der Waals surface area contributed by atoms with Crippen molar-refractivity contribution in [2.45, 2.75) is 13.8 Å². The number of aryl methyl sites for hydroxylation is 3. The Balaban J connectivity index is 1.82. The molecule has 0 fully saturated rings. The van der Waals surface area contributed by atoms with Crippen molar-refractivity contribution in [1.82, 2.24) is 9.88 Å². The third-order valence-corrected chi connectivity index (χ3v) is 5.49. The number of aromatic nitrogens is 1. The van der Waals surface area contributed by atoms with E-state index in [1.165, 1.54) is 48.3 Å². The number of nitrogens with zero attached hydrogens (tertiary/aromatic N) is 2. The molecule has 0 unspecified atom stereocenters. The van der Waals surface area contributed by atoms with Gasteiger partial charge in [0.25, 0.3) is 5.91 Å². The van der Waals surface area contributed by atoms with Crippen LogP contribution in [-0.2, 0) is 11.8 Å². The first-order valence-electron chi connectivity index (χ1n) is 8.45. The minimum atomic E-state index is -0.458. The van der Waals surface area contributed by atoms with Gasteiger partial charge in [-0.3, -0.25) is 10.1 Å². The molecule has 1 N–H and O–H groups in total. The number of nitrogens with one attached hydrogen (secondary N) is 1. The van der Waals surface area contributed by atoms with Gasteiger partial charge in [-0.2, -0.15) is 4.99 Å². The molecule has 0 saturated heterocycles. The Labute approximate surface area is 171 Å². The van der Waals surface area contributed by atoms with Gasteiger partial charge < -0.3 is 9.30 Å². The maximum absolute atomic E-state index is 12.4. The largest absolute Gasteiger partial charge is 0.465 e. The van der Waals surface area contributed by atoms with Crippen LogP contribution in [0.15, 0.2) is 41.4 Å². The van der Waals surface area contributed by atoms with Crippen molar-refractivity contribution >= 4 is 50.8 Å². The number of esters is 1. The highest BCUT2D eigenvalue weighted by Crippen LogP contribution is 2.22. The number of amides is 1. The molecule has 6 nitrogen and oxygen atoms in total. The Morgan fingerprint density at radius 1 is 1.14 bits per heavy atom. The molecule has 0 atom stereocenters. The number of carbonyl (C=O) groups excluding carboxylic acids is 2. The van der Waals surface area contributed by atoms with Crippen LogP contribution in [0.3, 0.4) is 0 Å². The lowest BCUT2D eigenvalue weighted by Crippen LogP contribution is -2.29. The average Bonchev–Trinajstić information content (AvgIpc) is 2.96. The van der Waals surface area contributed by atoms with Gasteiger partial charge in [0, 0.05) is 12.6 Å². The highest BCUT2D eigenvalue weighted by molar-refractivity contribution is 7.80. The summed E-state index contributed by atoms with van der Waals surface area (Å²) in [5, 5.41) is 2.69. The van der Waals surface area contributed by atoms with Crippen LogP contribution in [0.1, 0.15) is 31.8 Å². The van der Waals surface area contributed by atoms with Crippen LogP contribution in [-0.4, -0.2) is 28.7 Å². The summed E-state index contributed by atoms with van der Waals surface area (Å²) in [6.45, 7) is 4.11.